The van der Waals surface area contributed by atoms with Crippen LogP contribution in [0.25, 0.3) is 0 Å². The highest BCUT2D eigenvalue weighted by atomic mass is 32.1. The molecular formula is C11H16N2O2S. The van der Waals surface area contributed by atoms with Crippen LogP contribution < -0.4 is 10.6 Å². The summed E-state index contributed by atoms with van der Waals surface area (Å²) in [6.07, 6.45) is 0.286. The molecule has 0 aromatic carbocycles. The quantitative estimate of drug-likeness (QED) is 0.818. The van der Waals surface area contributed by atoms with Crippen LogP contribution in [0.4, 0.5) is 0 Å². The molecule has 0 saturated carbocycles. The second-order valence-electron chi connectivity index (χ2n) is 3.43. The van der Waals surface area contributed by atoms with E-state index in [1.54, 1.807) is 0 Å². The Morgan fingerprint density at radius 3 is 2.75 bits per heavy atom. The first-order valence-electron chi connectivity index (χ1n) is 5.20. The van der Waals surface area contributed by atoms with E-state index >= 15 is 0 Å². The Hall–Kier alpha value is -1.36. The van der Waals surface area contributed by atoms with Gasteiger partial charge in [-0.25, -0.2) is 0 Å². The largest absolute Gasteiger partial charge is 0.356 e. The minimum atomic E-state index is -0.218. The average molecular weight is 240 g/mol. The first-order chi connectivity index (χ1) is 7.63. The summed E-state index contributed by atoms with van der Waals surface area (Å²) in [6, 6.07) is 3.61. The predicted octanol–water partition coefficient (Wildman–Crippen LogP) is 1.45. The Bertz CT molecular complexity index is 349. The standard InChI is InChI=1S/C11H16N2O2S/c1-3-12-11(15)7-9(13-8(2)14)10-5-4-6-16-10/h4-6,9H,3,7H2,1-2H3,(H,12,15)(H,13,14). The molecule has 0 aliphatic rings. The monoisotopic (exact) mass is 240 g/mol. The maximum atomic E-state index is 11.5. The van der Waals surface area contributed by atoms with Gasteiger partial charge in [-0.1, -0.05) is 6.07 Å². The highest BCUT2D eigenvalue weighted by Gasteiger charge is 2.17. The fourth-order valence-corrected chi connectivity index (χ4v) is 2.19. The van der Waals surface area contributed by atoms with Crippen molar-refractivity contribution in [2.24, 2.45) is 0 Å². The van der Waals surface area contributed by atoms with Gasteiger partial charge in [-0.2, -0.15) is 0 Å². The zero-order chi connectivity index (χ0) is 12.0. The van der Waals surface area contributed by atoms with Gasteiger partial charge in [0.25, 0.3) is 0 Å². The Balaban J connectivity index is 2.65. The van der Waals surface area contributed by atoms with E-state index in [0.717, 1.165) is 4.88 Å². The molecule has 2 amide bonds. The highest BCUT2D eigenvalue weighted by Crippen LogP contribution is 2.21. The summed E-state index contributed by atoms with van der Waals surface area (Å²) in [5.74, 6) is -0.169. The van der Waals surface area contributed by atoms with Crippen molar-refractivity contribution in [3.05, 3.63) is 22.4 Å². The molecule has 1 aromatic rings. The number of amides is 2. The molecule has 0 aliphatic carbocycles. The lowest BCUT2D eigenvalue weighted by atomic mass is 10.1. The molecular weight excluding hydrogens is 224 g/mol. The topological polar surface area (TPSA) is 58.2 Å². The summed E-state index contributed by atoms with van der Waals surface area (Å²) < 4.78 is 0. The smallest absolute Gasteiger partial charge is 0.222 e. The molecule has 1 aromatic heterocycles. The van der Waals surface area contributed by atoms with E-state index < -0.39 is 0 Å². The SMILES string of the molecule is CCNC(=O)CC(NC(C)=O)c1cccs1. The van der Waals surface area contributed by atoms with E-state index in [-0.39, 0.29) is 24.3 Å². The van der Waals surface area contributed by atoms with Crippen molar-refractivity contribution in [3.8, 4) is 0 Å². The van der Waals surface area contributed by atoms with Gasteiger partial charge in [-0.15, -0.1) is 11.3 Å². The van der Waals surface area contributed by atoms with Crippen molar-refractivity contribution in [3.63, 3.8) is 0 Å². The molecule has 16 heavy (non-hydrogen) atoms. The number of hydrogen-bond acceptors (Lipinski definition) is 3. The summed E-state index contributed by atoms with van der Waals surface area (Å²) in [4.78, 5) is 23.5. The Labute approximate surface area is 99.0 Å². The number of rotatable bonds is 5. The molecule has 1 rings (SSSR count). The number of hydrogen-bond donors (Lipinski definition) is 2. The maximum Gasteiger partial charge on any atom is 0.222 e. The van der Waals surface area contributed by atoms with Gasteiger partial charge >= 0.3 is 0 Å². The third kappa shape index (κ3) is 4.02. The Kier molecular flexibility index (Phi) is 4.98. The lowest BCUT2D eigenvalue weighted by Crippen LogP contribution is -2.32. The van der Waals surface area contributed by atoms with Gasteiger partial charge in [0.1, 0.15) is 0 Å². The molecule has 0 bridgehead atoms. The van der Waals surface area contributed by atoms with E-state index in [4.69, 9.17) is 0 Å². The maximum absolute atomic E-state index is 11.5. The van der Waals surface area contributed by atoms with Gasteiger partial charge in [0.05, 0.1) is 12.5 Å². The van der Waals surface area contributed by atoms with Crippen LogP contribution in [0.15, 0.2) is 17.5 Å². The molecule has 0 saturated heterocycles. The number of thiophene rings is 1. The van der Waals surface area contributed by atoms with Crippen LogP contribution in [-0.4, -0.2) is 18.4 Å². The van der Waals surface area contributed by atoms with Gasteiger partial charge in [0.2, 0.25) is 11.8 Å². The molecule has 5 heteroatoms. The summed E-state index contributed by atoms with van der Waals surface area (Å²) in [6.45, 7) is 3.94. The van der Waals surface area contributed by atoms with Crippen molar-refractivity contribution in [1.82, 2.24) is 10.6 Å². The van der Waals surface area contributed by atoms with Crippen LogP contribution >= 0.6 is 11.3 Å². The fourth-order valence-electron chi connectivity index (χ4n) is 1.41. The van der Waals surface area contributed by atoms with E-state index in [2.05, 4.69) is 10.6 Å². The fraction of sp³-hybridized carbons (Fsp3) is 0.455. The van der Waals surface area contributed by atoms with Crippen molar-refractivity contribution in [2.45, 2.75) is 26.3 Å². The minimum Gasteiger partial charge on any atom is -0.356 e. The third-order valence-corrected chi connectivity index (χ3v) is 3.01. The van der Waals surface area contributed by atoms with Crippen molar-refractivity contribution < 1.29 is 9.59 Å². The zero-order valence-electron chi connectivity index (χ0n) is 9.45. The van der Waals surface area contributed by atoms with Crippen molar-refractivity contribution >= 4 is 23.2 Å². The molecule has 0 spiro atoms. The molecule has 1 unspecified atom stereocenters. The van der Waals surface area contributed by atoms with E-state index in [0.29, 0.717) is 6.54 Å². The summed E-state index contributed by atoms with van der Waals surface area (Å²) in [5, 5.41) is 7.44. The van der Waals surface area contributed by atoms with Crippen molar-refractivity contribution in [2.75, 3.05) is 6.54 Å². The Morgan fingerprint density at radius 2 is 2.25 bits per heavy atom. The van der Waals surface area contributed by atoms with Gasteiger partial charge in [0, 0.05) is 18.3 Å². The van der Waals surface area contributed by atoms with Crippen LogP contribution in [0.2, 0.25) is 0 Å². The zero-order valence-corrected chi connectivity index (χ0v) is 10.3. The number of carbonyl (C=O) groups is 2. The lowest BCUT2D eigenvalue weighted by Gasteiger charge is -2.15. The van der Waals surface area contributed by atoms with Crippen LogP contribution in [0.5, 0.6) is 0 Å². The molecule has 0 radical (unpaired) electrons. The van der Waals surface area contributed by atoms with Crippen LogP contribution in [-0.2, 0) is 9.59 Å². The van der Waals surface area contributed by atoms with E-state index in [9.17, 15) is 9.59 Å². The van der Waals surface area contributed by atoms with E-state index in [1.165, 1.54) is 18.3 Å². The summed E-state index contributed by atoms with van der Waals surface area (Å²) in [7, 11) is 0. The van der Waals surface area contributed by atoms with Gasteiger partial charge in [0.15, 0.2) is 0 Å². The molecule has 2 N–H and O–H groups in total. The molecule has 1 heterocycles. The first-order valence-corrected chi connectivity index (χ1v) is 6.08. The molecule has 0 aliphatic heterocycles. The average Bonchev–Trinajstić information content (AvgIpc) is 2.68. The number of nitrogens with one attached hydrogen (secondary N) is 2. The predicted molar refractivity (Wildman–Crippen MR) is 64.2 cm³/mol. The van der Waals surface area contributed by atoms with Gasteiger partial charge < -0.3 is 10.6 Å². The Morgan fingerprint density at radius 1 is 1.50 bits per heavy atom. The first kappa shape index (κ1) is 12.7. The normalized spacial score (nSPS) is 11.9. The summed E-state index contributed by atoms with van der Waals surface area (Å²) in [5.41, 5.74) is 0. The van der Waals surface area contributed by atoms with Gasteiger partial charge in [-0.3, -0.25) is 9.59 Å². The van der Waals surface area contributed by atoms with Crippen LogP contribution in [0.1, 0.15) is 31.2 Å². The summed E-state index contributed by atoms with van der Waals surface area (Å²) >= 11 is 1.54. The second-order valence-corrected chi connectivity index (χ2v) is 4.41. The third-order valence-electron chi connectivity index (χ3n) is 2.03. The van der Waals surface area contributed by atoms with Gasteiger partial charge in [-0.05, 0) is 18.4 Å². The minimum absolute atomic E-state index is 0.0466. The molecule has 0 fully saturated rings. The van der Waals surface area contributed by atoms with E-state index in [1.807, 2.05) is 24.4 Å². The number of carbonyl (C=O) groups excluding carboxylic acids is 2. The molecule has 88 valence electrons. The molecule has 4 nitrogen and oxygen atoms in total. The van der Waals surface area contributed by atoms with Crippen LogP contribution in [0.3, 0.4) is 0 Å². The highest BCUT2D eigenvalue weighted by molar-refractivity contribution is 7.10. The second kappa shape index (κ2) is 6.27. The van der Waals surface area contributed by atoms with Crippen molar-refractivity contribution in [1.29, 1.82) is 0 Å². The molecule has 1 atom stereocenters. The van der Waals surface area contributed by atoms with Crippen LogP contribution in [0, 0.1) is 0 Å². The lowest BCUT2D eigenvalue weighted by molar-refractivity contribution is -0.122.